The molecule has 20 heavy (non-hydrogen) atoms. The summed E-state index contributed by atoms with van der Waals surface area (Å²) in [7, 11) is 0. The molecule has 0 aliphatic rings. The van der Waals surface area contributed by atoms with E-state index >= 15 is 0 Å². The van der Waals surface area contributed by atoms with Crippen LogP contribution in [0.25, 0.3) is 0 Å². The third-order valence-corrected chi connectivity index (χ3v) is 3.71. The molecule has 1 heterocycles. The fourth-order valence-corrected chi connectivity index (χ4v) is 2.64. The van der Waals surface area contributed by atoms with Crippen LogP contribution in [0.4, 0.5) is 0 Å². The van der Waals surface area contributed by atoms with Crippen molar-refractivity contribution >= 4 is 11.6 Å². The van der Waals surface area contributed by atoms with Crippen LogP contribution < -0.4 is 5.32 Å². The van der Waals surface area contributed by atoms with E-state index in [9.17, 15) is 0 Å². The van der Waals surface area contributed by atoms with Gasteiger partial charge in [0.05, 0.1) is 0 Å². The van der Waals surface area contributed by atoms with Gasteiger partial charge in [0.2, 0.25) is 0 Å². The highest BCUT2D eigenvalue weighted by Crippen LogP contribution is 2.18. The molecule has 0 spiro atoms. The maximum Gasteiger partial charge on any atom is 0.0470 e. The number of hydrogen-bond donors (Lipinski definition) is 1. The zero-order valence-corrected chi connectivity index (χ0v) is 13.0. The Morgan fingerprint density at radius 3 is 2.80 bits per heavy atom. The van der Waals surface area contributed by atoms with Crippen molar-refractivity contribution in [1.29, 1.82) is 0 Å². The van der Waals surface area contributed by atoms with E-state index in [1.807, 2.05) is 18.2 Å². The van der Waals surface area contributed by atoms with Gasteiger partial charge >= 0.3 is 0 Å². The van der Waals surface area contributed by atoms with Crippen molar-refractivity contribution in [3.05, 3.63) is 58.9 Å². The highest BCUT2D eigenvalue weighted by atomic mass is 35.5. The lowest BCUT2D eigenvalue weighted by Crippen LogP contribution is -2.21. The molecule has 1 unspecified atom stereocenters. The molecule has 1 atom stereocenters. The Labute approximate surface area is 126 Å². The van der Waals surface area contributed by atoms with Gasteiger partial charge in [-0.1, -0.05) is 37.6 Å². The molecule has 0 saturated heterocycles. The molecule has 0 saturated carbocycles. The Morgan fingerprint density at radius 1 is 1.25 bits per heavy atom. The first-order valence-corrected chi connectivity index (χ1v) is 7.74. The molecule has 2 aromatic rings. The Bertz CT molecular complexity index is 533. The standard InChI is InChI=1S/C17H23ClN2/c1-3-9-19-17(4-2)15-8-10-20(13-15)12-14-6-5-7-16(18)11-14/h5-8,10-11,13,17,19H,3-4,9,12H2,1-2H3. The lowest BCUT2D eigenvalue weighted by Gasteiger charge is -2.15. The molecule has 0 radical (unpaired) electrons. The first kappa shape index (κ1) is 15.1. The van der Waals surface area contributed by atoms with E-state index in [4.69, 9.17) is 11.6 Å². The molecule has 108 valence electrons. The number of nitrogens with zero attached hydrogens (tertiary/aromatic N) is 1. The van der Waals surface area contributed by atoms with E-state index < -0.39 is 0 Å². The van der Waals surface area contributed by atoms with Gasteiger partial charge < -0.3 is 9.88 Å². The van der Waals surface area contributed by atoms with E-state index in [0.29, 0.717) is 6.04 Å². The van der Waals surface area contributed by atoms with Crippen molar-refractivity contribution in [2.45, 2.75) is 39.3 Å². The van der Waals surface area contributed by atoms with Crippen LogP contribution in [0.15, 0.2) is 42.7 Å². The monoisotopic (exact) mass is 290 g/mol. The maximum atomic E-state index is 6.03. The second-order valence-corrected chi connectivity index (χ2v) is 5.60. The predicted molar refractivity (Wildman–Crippen MR) is 86.3 cm³/mol. The van der Waals surface area contributed by atoms with Crippen LogP contribution in [0.3, 0.4) is 0 Å². The van der Waals surface area contributed by atoms with Crippen molar-refractivity contribution in [1.82, 2.24) is 9.88 Å². The summed E-state index contributed by atoms with van der Waals surface area (Å²) in [5.41, 5.74) is 2.59. The third-order valence-electron chi connectivity index (χ3n) is 3.48. The van der Waals surface area contributed by atoms with E-state index in [0.717, 1.165) is 24.5 Å². The number of halogens is 1. The molecular weight excluding hydrogens is 268 g/mol. The summed E-state index contributed by atoms with van der Waals surface area (Å²) in [4.78, 5) is 0. The number of benzene rings is 1. The highest BCUT2D eigenvalue weighted by molar-refractivity contribution is 6.30. The first-order chi connectivity index (χ1) is 9.72. The van der Waals surface area contributed by atoms with Crippen LogP contribution in [0, 0.1) is 0 Å². The average molecular weight is 291 g/mol. The minimum atomic E-state index is 0.454. The Kier molecular flexibility index (Phi) is 5.69. The molecule has 2 nitrogen and oxygen atoms in total. The molecule has 0 fully saturated rings. The van der Waals surface area contributed by atoms with Gasteiger partial charge in [0.15, 0.2) is 0 Å². The Morgan fingerprint density at radius 2 is 2.10 bits per heavy atom. The Hall–Kier alpha value is -1.25. The smallest absolute Gasteiger partial charge is 0.0470 e. The number of nitrogens with one attached hydrogen (secondary N) is 1. The van der Waals surface area contributed by atoms with E-state index in [1.165, 1.54) is 17.5 Å². The van der Waals surface area contributed by atoms with Gasteiger partial charge in [-0.2, -0.15) is 0 Å². The van der Waals surface area contributed by atoms with Gasteiger partial charge in [0.25, 0.3) is 0 Å². The predicted octanol–water partition coefficient (Wildman–Crippen LogP) is 4.64. The zero-order chi connectivity index (χ0) is 14.4. The molecule has 1 N–H and O–H groups in total. The summed E-state index contributed by atoms with van der Waals surface area (Å²) >= 11 is 6.03. The SMILES string of the molecule is CCCNC(CC)c1ccn(Cc2cccc(Cl)c2)c1. The number of aromatic nitrogens is 1. The molecule has 0 bridgehead atoms. The van der Waals surface area contributed by atoms with Gasteiger partial charge in [-0.15, -0.1) is 0 Å². The average Bonchev–Trinajstić information content (AvgIpc) is 2.88. The van der Waals surface area contributed by atoms with Crippen LogP contribution in [0.1, 0.15) is 43.9 Å². The minimum absolute atomic E-state index is 0.454. The fourth-order valence-electron chi connectivity index (χ4n) is 2.43. The van der Waals surface area contributed by atoms with E-state index in [-0.39, 0.29) is 0 Å². The lowest BCUT2D eigenvalue weighted by atomic mass is 10.1. The Balaban J connectivity index is 2.04. The van der Waals surface area contributed by atoms with Crippen molar-refractivity contribution in [3.8, 4) is 0 Å². The number of rotatable bonds is 7. The third kappa shape index (κ3) is 4.12. The molecule has 1 aromatic heterocycles. The summed E-state index contributed by atoms with van der Waals surface area (Å²) < 4.78 is 2.22. The summed E-state index contributed by atoms with van der Waals surface area (Å²) in [5, 5.41) is 4.38. The van der Waals surface area contributed by atoms with Crippen molar-refractivity contribution < 1.29 is 0 Å². The van der Waals surface area contributed by atoms with Crippen LogP contribution in [0.2, 0.25) is 5.02 Å². The molecule has 2 rings (SSSR count). The van der Waals surface area contributed by atoms with Crippen molar-refractivity contribution in [2.75, 3.05) is 6.54 Å². The number of hydrogen-bond acceptors (Lipinski definition) is 1. The van der Waals surface area contributed by atoms with Crippen molar-refractivity contribution in [2.24, 2.45) is 0 Å². The summed E-state index contributed by atoms with van der Waals surface area (Å²) in [6.07, 6.45) is 6.66. The molecule has 0 aliphatic carbocycles. The van der Waals surface area contributed by atoms with Gasteiger partial charge in [-0.25, -0.2) is 0 Å². The largest absolute Gasteiger partial charge is 0.350 e. The molecule has 0 aliphatic heterocycles. The van der Waals surface area contributed by atoms with E-state index in [2.05, 4.69) is 48.3 Å². The lowest BCUT2D eigenvalue weighted by molar-refractivity contribution is 0.517. The van der Waals surface area contributed by atoms with Gasteiger partial charge in [0, 0.05) is 30.0 Å². The quantitative estimate of drug-likeness (QED) is 0.786. The van der Waals surface area contributed by atoms with Crippen LogP contribution in [0.5, 0.6) is 0 Å². The summed E-state index contributed by atoms with van der Waals surface area (Å²) in [5.74, 6) is 0. The topological polar surface area (TPSA) is 17.0 Å². The molecule has 1 aromatic carbocycles. The normalized spacial score (nSPS) is 12.6. The minimum Gasteiger partial charge on any atom is -0.350 e. The second kappa shape index (κ2) is 7.51. The van der Waals surface area contributed by atoms with Crippen molar-refractivity contribution in [3.63, 3.8) is 0 Å². The molecular formula is C17H23ClN2. The highest BCUT2D eigenvalue weighted by Gasteiger charge is 2.09. The van der Waals surface area contributed by atoms with Gasteiger partial charge in [-0.05, 0) is 48.7 Å². The zero-order valence-electron chi connectivity index (χ0n) is 12.3. The second-order valence-electron chi connectivity index (χ2n) is 5.16. The van der Waals surface area contributed by atoms with Crippen LogP contribution in [-0.2, 0) is 6.54 Å². The first-order valence-electron chi connectivity index (χ1n) is 7.36. The summed E-state index contributed by atoms with van der Waals surface area (Å²) in [6.45, 7) is 6.36. The van der Waals surface area contributed by atoms with E-state index in [1.54, 1.807) is 0 Å². The summed E-state index contributed by atoms with van der Waals surface area (Å²) in [6, 6.07) is 10.7. The van der Waals surface area contributed by atoms with Crippen LogP contribution >= 0.6 is 11.6 Å². The van der Waals surface area contributed by atoms with Crippen LogP contribution in [-0.4, -0.2) is 11.1 Å². The fraction of sp³-hybridized carbons (Fsp3) is 0.412. The van der Waals surface area contributed by atoms with Gasteiger partial charge in [-0.3, -0.25) is 0 Å². The maximum absolute atomic E-state index is 6.03. The molecule has 0 amide bonds. The van der Waals surface area contributed by atoms with Gasteiger partial charge in [0.1, 0.15) is 0 Å². The molecule has 3 heteroatoms.